The fourth-order valence-corrected chi connectivity index (χ4v) is 3.10. The smallest absolute Gasteiger partial charge is 0.237 e. The van der Waals surface area contributed by atoms with Crippen LogP contribution in [0.25, 0.3) is 0 Å². The lowest BCUT2D eigenvalue weighted by Gasteiger charge is -2.15. The average Bonchev–Trinajstić information content (AvgIpc) is 3.23. The van der Waals surface area contributed by atoms with Crippen LogP contribution in [0.4, 0.5) is 17.6 Å². The first kappa shape index (κ1) is 20.9. The van der Waals surface area contributed by atoms with Crippen molar-refractivity contribution in [3.8, 4) is 11.5 Å². The van der Waals surface area contributed by atoms with Gasteiger partial charge in [0.1, 0.15) is 18.2 Å². The number of carbonyl (C=O) groups is 1. The highest BCUT2D eigenvalue weighted by atomic mass is 19.2. The Morgan fingerprint density at radius 1 is 1.10 bits per heavy atom. The summed E-state index contributed by atoms with van der Waals surface area (Å²) in [5, 5.41) is 5.78. The zero-order chi connectivity index (χ0) is 21.0. The second-order valence-electron chi connectivity index (χ2n) is 6.61. The summed E-state index contributed by atoms with van der Waals surface area (Å²) in [5.74, 6) is -4.60. The summed E-state index contributed by atoms with van der Waals surface area (Å²) < 4.78 is 65.0. The molecule has 2 aromatic carbocycles. The second kappa shape index (κ2) is 9.13. The van der Waals surface area contributed by atoms with E-state index >= 15 is 0 Å². The molecule has 1 heterocycles. The first-order chi connectivity index (χ1) is 13.9. The molecule has 1 aliphatic rings. The second-order valence-corrected chi connectivity index (χ2v) is 6.61. The lowest BCUT2D eigenvalue weighted by molar-refractivity contribution is -0.122. The summed E-state index contributed by atoms with van der Waals surface area (Å²) in [5.41, 5.74) is -0.00653. The summed E-state index contributed by atoms with van der Waals surface area (Å²) in [6.45, 7) is 0.239. The van der Waals surface area contributed by atoms with Crippen LogP contribution in [0.3, 0.4) is 0 Å². The molecule has 3 rings (SSSR count). The molecule has 156 valence electrons. The molecule has 0 aliphatic carbocycles. The molecular formula is C20H20F4N2O3. The predicted molar refractivity (Wildman–Crippen MR) is 96.5 cm³/mol. The van der Waals surface area contributed by atoms with E-state index in [0.29, 0.717) is 11.6 Å². The molecule has 0 saturated carbocycles. The number of amides is 1. The van der Waals surface area contributed by atoms with Crippen LogP contribution in [0.5, 0.6) is 11.5 Å². The van der Waals surface area contributed by atoms with Crippen molar-refractivity contribution >= 4 is 5.91 Å². The van der Waals surface area contributed by atoms with Crippen LogP contribution in [0, 0.1) is 23.3 Å². The summed E-state index contributed by atoms with van der Waals surface area (Å²) in [6, 6.07) is 3.27. The van der Waals surface area contributed by atoms with E-state index < -0.39 is 29.9 Å². The molecule has 29 heavy (non-hydrogen) atoms. The van der Waals surface area contributed by atoms with Crippen molar-refractivity contribution in [3.63, 3.8) is 0 Å². The maximum atomic E-state index is 14.4. The van der Waals surface area contributed by atoms with Crippen LogP contribution < -0.4 is 20.1 Å². The number of rotatable bonds is 7. The Morgan fingerprint density at radius 2 is 1.90 bits per heavy atom. The molecule has 1 amide bonds. The van der Waals surface area contributed by atoms with Gasteiger partial charge < -0.3 is 20.1 Å². The fourth-order valence-electron chi connectivity index (χ4n) is 3.10. The molecule has 0 radical (unpaired) electrons. The Kier molecular flexibility index (Phi) is 6.58. The maximum absolute atomic E-state index is 14.4. The Hall–Kier alpha value is -2.81. The largest absolute Gasteiger partial charge is 0.496 e. The van der Waals surface area contributed by atoms with Crippen LogP contribution in [0.1, 0.15) is 24.0 Å². The summed E-state index contributed by atoms with van der Waals surface area (Å²) >= 11 is 0. The normalized spacial score (nSPS) is 16.0. The predicted octanol–water partition coefficient (Wildman–Crippen LogP) is 3.20. The van der Waals surface area contributed by atoms with Gasteiger partial charge in [0.25, 0.3) is 0 Å². The highest BCUT2D eigenvalue weighted by Gasteiger charge is 2.22. The highest BCUT2D eigenvalue weighted by Crippen LogP contribution is 2.29. The summed E-state index contributed by atoms with van der Waals surface area (Å²) in [6.07, 6.45) is 1.65. The standard InChI is InChI=1S/C20H20F4N2O3/c1-28-17-8-18(29-10-12-5-13(21)7-15(23)19(12)24)14(22)6-11(17)9-26-20(27)16-3-2-4-25-16/h5-8,16,25H,2-4,9-10H2,1H3,(H,26,27). The molecule has 0 aromatic heterocycles. The minimum Gasteiger partial charge on any atom is -0.496 e. The van der Waals surface area contributed by atoms with Crippen molar-refractivity contribution in [2.75, 3.05) is 13.7 Å². The molecule has 0 bridgehead atoms. The number of nitrogens with one attached hydrogen (secondary N) is 2. The molecule has 5 nitrogen and oxygen atoms in total. The van der Waals surface area contributed by atoms with Crippen LogP contribution in [0.2, 0.25) is 0 Å². The molecule has 1 fully saturated rings. The quantitative estimate of drug-likeness (QED) is 0.542. The number of ether oxygens (including phenoxy) is 2. The Morgan fingerprint density at radius 3 is 2.59 bits per heavy atom. The Bertz CT molecular complexity index is 902. The van der Waals surface area contributed by atoms with Crippen molar-refractivity contribution in [3.05, 3.63) is 58.7 Å². The van der Waals surface area contributed by atoms with Gasteiger partial charge in [0.2, 0.25) is 5.91 Å². The zero-order valence-corrected chi connectivity index (χ0v) is 15.7. The van der Waals surface area contributed by atoms with E-state index in [1.165, 1.54) is 13.2 Å². The molecule has 1 saturated heterocycles. The first-order valence-corrected chi connectivity index (χ1v) is 9.02. The van der Waals surface area contributed by atoms with Gasteiger partial charge in [-0.15, -0.1) is 0 Å². The molecule has 2 N–H and O–H groups in total. The first-order valence-electron chi connectivity index (χ1n) is 9.02. The molecular weight excluding hydrogens is 392 g/mol. The van der Waals surface area contributed by atoms with Crippen molar-refractivity contribution < 1.29 is 31.8 Å². The van der Waals surface area contributed by atoms with Crippen LogP contribution in [-0.4, -0.2) is 25.6 Å². The van der Waals surface area contributed by atoms with E-state index in [1.54, 1.807) is 0 Å². The minimum absolute atomic E-state index is 0.0428. The minimum atomic E-state index is -1.36. The lowest BCUT2D eigenvalue weighted by Crippen LogP contribution is -2.40. The van der Waals surface area contributed by atoms with E-state index in [1.807, 2.05) is 0 Å². The number of hydrogen-bond acceptors (Lipinski definition) is 4. The molecule has 1 atom stereocenters. The van der Waals surface area contributed by atoms with E-state index in [2.05, 4.69) is 10.6 Å². The maximum Gasteiger partial charge on any atom is 0.237 e. The molecule has 1 unspecified atom stereocenters. The SMILES string of the molecule is COc1cc(OCc2cc(F)cc(F)c2F)c(F)cc1CNC(=O)C1CCCN1. The van der Waals surface area contributed by atoms with Crippen molar-refractivity contribution in [1.29, 1.82) is 0 Å². The van der Waals surface area contributed by atoms with Gasteiger partial charge in [-0.1, -0.05) is 0 Å². The summed E-state index contributed by atoms with van der Waals surface area (Å²) in [4.78, 5) is 12.1. The topological polar surface area (TPSA) is 59.6 Å². The number of halogens is 4. The third kappa shape index (κ3) is 4.97. The van der Waals surface area contributed by atoms with Crippen molar-refractivity contribution in [2.24, 2.45) is 0 Å². The van der Waals surface area contributed by atoms with Gasteiger partial charge in [0.05, 0.1) is 13.2 Å². The van der Waals surface area contributed by atoms with Gasteiger partial charge in [0.15, 0.2) is 23.2 Å². The lowest BCUT2D eigenvalue weighted by atomic mass is 10.1. The molecule has 1 aliphatic heterocycles. The van der Waals surface area contributed by atoms with E-state index in [4.69, 9.17) is 9.47 Å². The van der Waals surface area contributed by atoms with Crippen molar-refractivity contribution in [1.82, 2.24) is 10.6 Å². The molecule has 2 aromatic rings. The zero-order valence-electron chi connectivity index (χ0n) is 15.7. The number of hydrogen-bond donors (Lipinski definition) is 2. The summed E-state index contributed by atoms with van der Waals surface area (Å²) in [7, 11) is 1.36. The number of carbonyl (C=O) groups excluding carboxylic acids is 1. The van der Waals surface area contributed by atoms with E-state index in [9.17, 15) is 22.4 Å². The van der Waals surface area contributed by atoms with Crippen LogP contribution in [-0.2, 0) is 17.9 Å². The third-order valence-corrected chi connectivity index (χ3v) is 4.62. The van der Waals surface area contributed by atoms with E-state index in [-0.39, 0.29) is 35.6 Å². The molecule has 0 spiro atoms. The highest BCUT2D eigenvalue weighted by molar-refractivity contribution is 5.82. The number of methoxy groups -OCH3 is 1. The van der Waals surface area contributed by atoms with Crippen molar-refractivity contribution in [2.45, 2.75) is 32.0 Å². The van der Waals surface area contributed by atoms with Gasteiger partial charge in [-0.3, -0.25) is 4.79 Å². The van der Waals surface area contributed by atoms with Gasteiger partial charge in [-0.25, -0.2) is 17.6 Å². The average molecular weight is 412 g/mol. The molecule has 9 heteroatoms. The number of benzene rings is 2. The third-order valence-electron chi connectivity index (χ3n) is 4.62. The van der Waals surface area contributed by atoms with Gasteiger partial charge in [-0.05, 0) is 31.5 Å². The monoisotopic (exact) mass is 412 g/mol. The van der Waals surface area contributed by atoms with Gasteiger partial charge in [-0.2, -0.15) is 0 Å². The van der Waals surface area contributed by atoms with Gasteiger partial charge in [0, 0.05) is 29.8 Å². The fraction of sp³-hybridized carbons (Fsp3) is 0.350. The van der Waals surface area contributed by atoms with Crippen LogP contribution >= 0.6 is 0 Å². The van der Waals surface area contributed by atoms with E-state index in [0.717, 1.165) is 31.5 Å². The van der Waals surface area contributed by atoms with Crippen LogP contribution in [0.15, 0.2) is 24.3 Å². The Labute approximate surface area is 165 Å². The van der Waals surface area contributed by atoms with Gasteiger partial charge >= 0.3 is 0 Å². The Balaban J connectivity index is 1.70.